The van der Waals surface area contributed by atoms with Crippen molar-refractivity contribution in [3.63, 3.8) is 0 Å². The molecule has 1 heterocycles. The fourth-order valence-electron chi connectivity index (χ4n) is 1.66. The molecule has 20 heavy (non-hydrogen) atoms. The van der Waals surface area contributed by atoms with Crippen LogP contribution < -0.4 is 5.32 Å². The number of benzene rings is 1. The van der Waals surface area contributed by atoms with Crippen molar-refractivity contribution in [2.24, 2.45) is 0 Å². The average molecular weight is 275 g/mol. The third-order valence-corrected chi connectivity index (χ3v) is 2.65. The molecule has 0 radical (unpaired) electrons. The molecule has 2 rings (SSSR count). The molecule has 0 saturated heterocycles. The number of amides is 1. The largest absolute Gasteiger partial charge is 0.445 e. The molecule has 6 nitrogen and oxygen atoms in total. The van der Waals surface area contributed by atoms with Crippen molar-refractivity contribution in [1.82, 2.24) is 15.1 Å². The molecule has 1 atom stereocenters. The van der Waals surface area contributed by atoms with E-state index in [-0.39, 0.29) is 13.2 Å². The molecule has 6 heteroatoms. The summed E-state index contributed by atoms with van der Waals surface area (Å²) in [5, 5.41) is 16.2. The zero-order valence-electron chi connectivity index (χ0n) is 11.0. The Bertz CT molecular complexity index is 514. The Morgan fingerprint density at radius 2 is 2.15 bits per heavy atom. The van der Waals surface area contributed by atoms with Gasteiger partial charge >= 0.3 is 6.09 Å². The van der Waals surface area contributed by atoms with Crippen LogP contribution in [-0.4, -0.2) is 33.6 Å². The van der Waals surface area contributed by atoms with Crippen LogP contribution in [0.4, 0.5) is 4.79 Å². The first kappa shape index (κ1) is 14.1. The molecule has 0 aliphatic rings. The number of hydrogen-bond acceptors (Lipinski definition) is 4. The van der Waals surface area contributed by atoms with Gasteiger partial charge in [0.1, 0.15) is 6.61 Å². The molecule has 106 valence electrons. The maximum atomic E-state index is 11.5. The van der Waals surface area contributed by atoms with Crippen LogP contribution in [0.3, 0.4) is 0 Å². The van der Waals surface area contributed by atoms with Crippen molar-refractivity contribution < 1.29 is 14.6 Å². The summed E-state index contributed by atoms with van der Waals surface area (Å²) in [7, 11) is 0. The van der Waals surface area contributed by atoms with Crippen LogP contribution in [0.25, 0.3) is 0 Å². The van der Waals surface area contributed by atoms with E-state index >= 15 is 0 Å². The Hall–Kier alpha value is -2.34. The van der Waals surface area contributed by atoms with Gasteiger partial charge in [0.25, 0.3) is 0 Å². The lowest BCUT2D eigenvalue weighted by molar-refractivity contribution is 0.118. The van der Waals surface area contributed by atoms with E-state index in [4.69, 9.17) is 4.74 Å². The van der Waals surface area contributed by atoms with E-state index in [1.807, 2.05) is 30.3 Å². The Kier molecular flexibility index (Phi) is 5.14. The van der Waals surface area contributed by atoms with E-state index in [1.54, 1.807) is 23.1 Å². The summed E-state index contributed by atoms with van der Waals surface area (Å²) in [5.41, 5.74) is 0.916. The van der Waals surface area contributed by atoms with Gasteiger partial charge in [-0.3, -0.25) is 4.68 Å². The molecule has 1 amide bonds. The van der Waals surface area contributed by atoms with Gasteiger partial charge in [-0.15, -0.1) is 0 Å². The Morgan fingerprint density at radius 1 is 1.35 bits per heavy atom. The quantitative estimate of drug-likeness (QED) is 0.829. The topological polar surface area (TPSA) is 76.4 Å². The van der Waals surface area contributed by atoms with E-state index in [0.717, 1.165) is 5.56 Å². The molecule has 1 unspecified atom stereocenters. The Balaban J connectivity index is 1.64. The number of hydrogen-bond donors (Lipinski definition) is 2. The van der Waals surface area contributed by atoms with Gasteiger partial charge in [-0.05, 0) is 11.6 Å². The van der Waals surface area contributed by atoms with E-state index in [2.05, 4.69) is 10.4 Å². The van der Waals surface area contributed by atoms with Gasteiger partial charge < -0.3 is 15.2 Å². The van der Waals surface area contributed by atoms with Crippen LogP contribution in [0.15, 0.2) is 48.8 Å². The number of rotatable bonds is 6. The van der Waals surface area contributed by atoms with Crippen molar-refractivity contribution in [3.8, 4) is 0 Å². The highest BCUT2D eigenvalue weighted by molar-refractivity contribution is 5.67. The maximum Gasteiger partial charge on any atom is 0.407 e. The van der Waals surface area contributed by atoms with E-state index in [0.29, 0.717) is 6.54 Å². The normalized spacial score (nSPS) is 11.8. The predicted molar refractivity (Wildman–Crippen MR) is 72.9 cm³/mol. The lowest BCUT2D eigenvalue weighted by Crippen LogP contribution is -2.34. The predicted octanol–water partition coefficient (Wildman–Crippen LogP) is 1.17. The molecule has 0 aliphatic heterocycles. The molecule has 0 fully saturated rings. The minimum Gasteiger partial charge on any atom is -0.445 e. The van der Waals surface area contributed by atoms with Crippen molar-refractivity contribution >= 4 is 6.09 Å². The van der Waals surface area contributed by atoms with Crippen LogP contribution in [-0.2, 0) is 17.9 Å². The highest BCUT2D eigenvalue weighted by Gasteiger charge is 2.08. The number of aromatic nitrogens is 2. The minimum atomic E-state index is -0.709. The number of aliphatic hydroxyl groups excluding tert-OH is 1. The van der Waals surface area contributed by atoms with E-state index < -0.39 is 12.2 Å². The van der Waals surface area contributed by atoms with Crippen LogP contribution in [0, 0.1) is 0 Å². The fraction of sp³-hybridized carbons (Fsp3) is 0.286. The number of carbonyl (C=O) groups excluding carboxylic acids is 1. The summed E-state index contributed by atoms with van der Waals surface area (Å²) >= 11 is 0. The first-order valence-corrected chi connectivity index (χ1v) is 6.34. The van der Waals surface area contributed by atoms with Gasteiger partial charge in [0.05, 0.1) is 12.6 Å². The summed E-state index contributed by atoms with van der Waals surface area (Å²) in [6.07, 6.45) is 2.12. The standard InChI is InChI=1S/C14H17N3O3/c18-13(10-17-8-4-7-16-17)9-15-14(19)20-11-12-5-2-1-3-6-12/h1-8,13,18H,9-11H2,(H,15,19). The van der Waals surface area contributed by atoms with Crippen LogP contribution in [0.5, 0.6) is 0 Å². The number of nitrogens with zero attached hydrogens (tertiary/aromatic N) is 2. The number of ether oxygens (including phenoxy) is 1. The average Bonchev–Trinajstić information content (AvgIpc) is 2.97. The maximum absolute atomic E-state index is 11.5. The first-order chi connectivity index (χ1) is 9.74. The highest BCUT2D eigenvalue weighted by Crippen LogP contribution is 2.00. The monoisotopic (exact) mass is 275 g/mol. The lowest BCUT2D eigenvalue weighted by Gasteiger charge is -2.12. The molecular weight excluding hydrogens is 258 g/mol. The van der Waals surface area contributed by atoms with Crippen molar-refractivity contribution in [3.05, 3.63) is 54.4 Å². The van der Waals surface area contributed by atoms with Crippen molar-refractivity contribution in [2.45, 2.75) is 19.3 Å². The van der Waals surface area contributed by atoms with Crippen molar-refractivity contribution in [2.75, 3.05) is 6.54 Å². The second-order valence-corrected chi connectivity index (χ2v) is 4.32. The zero-order chi connectivity index (χ0) is 14.2. The third-order valence-electron chi connectivity index (χ3n) is 2.65. The summed E-state index contributed by atoms with van der Waals surface area (Å²) < 4.78 is 6.63. The number of alkyl carbamates (subject to hydrolysis) is 1. The lowest BCUT2D eigenvalue weighted by atomic mass is 10.2. The number of nitrogens with one attached hydrogen (secondary N) is 1. The molecule has 2 aromatic rings. The summed E-state index contributed by atoms with van der Waals surface area (Å²) in [6, 6.07) is 11.2. The van der Waals surface area contributed by atoms with E-state index in [9.17, 15) is 9.90 Å². The van der Waals surface area contributed by atoms with Crippen LogP contribution >= 0.6 is 0 Å². The molecule has 0 aliphatic carbocycles. The van der Waals surface area contributed by atoms with Gasteiger partial charge in [-0.25, -0.2) is 4.79 Å². The zero-order valence-corrected chi connectivity index (χ0v) is 11.0. The molecule has 0 bridgehead atoms. The highest BCUT2D eigenvalue weighted by atomic mass is 16.5. The SMILES string of the molecule is O=C(NCC(O)Cn1cccn1)OCc1ccccc1. The third kappa shape index (κ3) is 4.74. The van der Waals surface area contributed by atoms with Crippen LogP contribution in [0.1, 0.15) is 5.56 Å². The summed E-state index contributed by atoms with van der Waals surface area (Å²) in [4.78, 5) is 11.5. The van der Waals surface area contributed by atoms with Crippen molar-refractivity contribution in [1.29, 1.82) is 0 Å². The van der Waals surface area contributed by atoms with Gasteiger partial charge in [0, 0.05) is 18.9 Å². The van der Waals surface area contributed by atoms with Gasteiger partial charge in [-0.2, -0.15) is 5.10 Å². The molecule has 0 spiro atoms. The van der Waals surface area contributed by atoms with Gasteiger partial charge in [0.2, 0.25) is 0 Å². The summed E-state index contributed by atoms with van der Waals surface area (Å²) in [5.74, 6) is 0. The number of aliphatic hydroxyl groups is 1. The molecule has 1 aromatic carbocycles. The molecule has 1 aromatic heterocycles. The minimum absolute atomic E-state index is 0.119. The van der Waals surface area contributed by atoms with Crippen LogP contribution in [0.2, 0.25) is 0 Å². The molecule has 2 N–H and O–H groups in total. The first-order valence-electron chi connectivity index (χ1n) is 6.34. The second-order valence-electron chi connectivity index (χ2n) is 4.32. The Morgan fingerprint density at radius 3 is 2.85 bits per heavy atom. The second kappa shape index (κ2) is 7.30. The summed E-state index contributed by atoms with van der Waals surface area (Å²) in [6.45, 7) is 0.654. The Labute approximate surface area is 117 Å². The fourth-order valence-corrected chi connectivity index (χ4v) is 1.66. The molecular formula is C14H17N3O3. The number of carbonyl (C=O) groups is 1. The van der Waals surface area contributed by atoms with Gasteiger partial charge in [0.15, 0.2) is 0 Å². The van der Waals surface area contributed by atoms with E-state index in [1.165, 1.54) is 0 Å². The smallest absolute Gasteiger partial charge is 0.407 e. The molecule has 0 saturated carbocycles. The van der Waals surface area contributed by atoms with Gasteiger partial charge in [-0.1, -0.05) is 30.3 Å².